The fourth-order valence-electron chi connectivity index (χ4n) is 2.65. The molecule has 31 heavy (non-hydrogen) atoms. The Labute approximate surface area is 184 Å². The molecule has 2 atom stereocenters. The van der Waals surface area contributed by atoms with Gasteiger partial charge in [-0.05, 0) is 32.4 Å². The Morgan fingerprint density at radius 3 is 2.77 bits per heavy atom. The zero-order valence-electron chi connectivity index (χ0n) is 17.2. The Hall–Kier alpha value is -3.04. The zero-order chi connectivity index (χ0) is 23.0. The molecule has 1 aromatic heterocycles. The number of aliphatic hydroxyl groups excluding tert-OH is 1. The van der Waals surface area contributed by atoms with Gasteiger partial charge in [0.05, 0.1) is 22.5 Å². The first-order chi connectivity index (χ1) is 14.7. The molecule has 0 radical (unpaired) electrons. The number of aryl methyl sites for hydroxylation is 2. The summed E-state index contributed by atoms with van der Waals surface area (Å²) in [7, 11) is 0. The van der Waals surface area contributed by atoms with Crippen LogP contribution in [0.5, 0.6) is 5.75 Å². The lowest BCUT2D eigenvalue weighted by molar-refractivity contribution is -0.123. The maximum Gasteiger partial charge on any atom is 0.272 e. The third-order valence-corrected chi connectivity index (χ3v) is 4.51. The van der Waals surface area contributed by atoms with Crippen LogP contribution in [-0.2, 0) is 4.79 Å². The van der Waals surface area contributed by atoms with Crippen LogP contribution in [0.15, 0.2) is 37.1 Å². The Kier molecular flexibility index (Phi) is 8.89. The highest BCUT2D eigenvalue weighted by Gasteiger charge is 2.18. The molecule has 1 heterocycles. The number of halogens is 2. The molecule has 166 valence electrons. The highest BCUT2D eigenvalue weighted by Crippen LogP contribution is 2.20. The van der Waals surface area contributed by atoms with Gasteiger partial charge in [0.1, 0.15) is 17.3 Å². The van der Waals surface area contributed by atoms with Gasteiger partial charge in [-0.1, -0.05) is 17.7 Å². The average molecular weight is 451 g/mol. The number of carbonyl (C=O) groups is 2. The van der Waals surface area contributed by atoms with Crippen LogP contribution in [0.4, 0.5) is 4.39 Å². The number of aromatic nitrogens is 2. The molecule has 2 aromatic rings. The first-order valence-corrected chi connectivity index (χ1v) is 9.83. The van der Waals surface area contributed by atoms with E-state index in [-0.39, 0.29) is 36.0 Å². The summed E-state index contributed by atoms with van der Waals surface area (Å²) in [6, 6.07) is 3.28. The van der Waals surface area contributed by atoms with Crippen molar-refractivity contribution in [2.24, 2.45) is 0 Å². The Bertz CT molecular complexity index is 957. The van der Waals surface area contributed by atoms with Crippen LogP contribution < -0.4 is 15.4 Å². The van der Waals surface area contributed by atoms with E-state index in [4.69, 9.17) is 16.3 Å². The van der Waals surface area contributed by atoms with Crippen LogP contribution in [0.3, 0.4) is 0 Å². The number of nitrogens with one attached hydrogen (secondary N) is 2. The third-order valence-electron chi connectivity index (χ3n) is 4.21. The lowest BCUT2D eigenvalue weighted by Gasteiger charge is -2.19. The van der Waals surface area contributed by atoms with Crippen LogP contribution >= 0.6 is 11.6 Å². The van der Waals surface area contributed by atoms with Gasteiger partial charge in [-0.15, -0.1) is 6.58 Å². The van der Waals surface area contributed by atoms with Crippen LogP contribution in [-0.4, -0.2) is 52.2 Å². The number of carbonyl (C=O) groups excluding carboxylic acids is 2. The highest BCUT2D eigenvalue weighted by atomic mass is 35.5. The SMILES string of the molecule is C=CC(CC(O)CNC(=O)COc1ccc(Cl)c(F)c1)NC(=O)c1ncc(C)nc1C. The van der Waals surface area contributed by atoms with E-state index >= 15 is 0 Å². The second-order valence-corrected chi connectivity index (χ2v) is 7.23. The van der Waals surface area contributed by atoms with E-state index in [0.29, 0.717) is 11.4 Å². The minimum Gasteiger partial charge on any atom is -0.484 e. The summed E-state index contributed by atoms with van der Waals surface area (Å²) in [6.45, 7) is 6.69. The van der Waals surface area contributed by atoms with Crippen molar-refractivity contribution >= 4 is 23.4 Å². The lowest BCUT2D eigenvalue weighted by atomic mass is 10.1. The van der Waals surface area contributed by atoms with Gasteiger partial charge in [0, 0.05) is 24.8 Å². The number of benzene rings is 1. The summed E-state index contributed by atoms with van der Waals surface area (Å²) < 4.78 is 18.5. The topological polar surface area (TPSA) is 113 Å². The van der Waals surface area contributed by atoms with Crippen LogP contribution in [0, 0.1) is 19.7 Å². The number of aliphatic hydroxyl groups is 1. The van der Waals surface area contributed by atoms with Crippen molar-refractivity contribution in [3.63, 3.8) is 0 Å². The van der Waals surface area contributed by atoms with Gasteiger partial charge >= 0.3 is 0 Å². The first-order valence-electron chi connectivity index (χ1n) is 9.46. The fourth-order valence-corrected chi connectivity index (χ4v) is 2.76. The first kappa shape index (κ1) is 24.2. The van der Waals surface area contributed by atoms with E-state index in [0.717, 1.165) is 6.07 Å². The molecule has 0 spiro atoms. The lowest BCUT2D eigenvalue weighted by Crippen LogP contribution is -2.41. The molecule has 0 saturated heterocycles. The minimum absolute atomic E-state index is 0.0478. The third kappa shape index (κ3) is 7.62. The quantitative estimate of drug-likeness (QED) is 0.478. The molecule has 10 heteroatoms. The van der Waals surface area contributed by atoms with E-state index in [9.17, 15) is 19.1 Å². The monoisotopic (exact) mass is 450 g/mol. The molecule has 0 aliphatic heterocycles. The van der Waals surface area contributed by atoms with Crippen molar-refractivity contribution in [1.29, 1.82) is 0 Å². The molecule has 0 saturated carbocycles. The van der Waals surface area contributed by atoms with Crippen molar-refractivity contribution in [2.45, 2.75) is 32.4 Å². The van der Waals surface area contributed by atoms with E-state index in [1.165, 1.54) is 24.4 Å². The minimum atomic E-state index is -0.953. The van der Waals surface area contributed by atoms with Crippen LogP contribution in [0.1, 0.15) is 28.3 Å². The molecular weight excluding hydrogens is 427 g/mol. The summed E-state index contributed by atoms with van der Waals surface area (Å²) in [4.78, 5) is 32.6. The van der Waals surface area contributed by atoms with Gasteiger partial charge in [0.15, 0.2) is 6.61 Å². The average Bonchev–Trinajstić information content (AvgIpc) is 2.72. The predicted octanol–water partition coefficient (Wildman–Crippen LogP) is 2.12. The van der Waals surface area contributed by atoms with E-state index in [1.54, 1.807) is 13.8 Å². The maximum atomic E-state index is 13.4. The molecule has 1 aromatic carbocycles. The van der Waals surface area contributed by atoms with Crippen molar-refractivity contribution in [3.8, 4) is 5.75 Å². The molecule has 2 rings (SSSR count). The molecule has 8 nitrogen and oxygen atoms in total. The smallest absolute Gasteiger partial charge is 0.272 e. The molecule has 0 fully saturated rings. The Morgan fingerprint density at radius 1 is 1.39 bits per heavy atom. The van der Waals surface area contributed by atoms with E-state index in [1.807, 2.05) is 0 Å². The number of nitrogens with zero attached hydrogens (tertiary/aromatic N) is 2. The van der Waals surface area contributed by atoms with Gasteiger partial charge in [-0.2, -0.15) is 0 Å². The predicted molar refractivity (Wildman–Crippen MR) is 113 cm³/mol. The summed E-state index contributed by atoms with van der Waals surface area (Å²) in [5, 5.41) is 15.4. The largest absolute Gasteiger partial charge is 0.484 e. The molecule has 3 N–H and O–H groups in total. The second-order valence-electron chi connectivity index (χ2n) is 6.82. The zero-order valence-corrected chi connectivity index (χ0v) is 17.9. The summed E-state index contributed by atoms with van der Waals surface area (Å²) in [6.07, 6.45) is 2.15. The normalized spacial score (nSPS) is 12.5. The number of rotatable bonds is 10. The van der Waals surface area contributed by atoms with Crippen molar-refractivity contribution in [3.05, 3.63) is 65.0 Å². The summed E-state index contributed by atoms with van der Waals surface area (Å²) in [5.74, 6) is -1.44. The van der Waals surface area contributed by atoms with Gasteiger partial charge in [-0.3, -0.25) is 14.6 Å². The number of amides is 2. The van der Waals surface area contributed by atoms with Crippen molar-refractivity contribution < 1.29 is 23.8 Å². The Balaban J connectivity index is 1.78. The maximum absolute atomic E-state index is 13.4. The second kappa shape index (κ2) is 11.4. The van der Waals surface area contributed by atoms with Gasteiger partial charge < -0.3 is 20.5 Å². The standard InChI is InChI=1S/C21H24ClFN4O4/c1-4-14(27-21(30)20-13(3)26-12(2)9-25-20)7-15(28)10-24-19(29)11-31-16-5-6-17(22)18(23)8-16/h4-6,8-9,14-15,28H,1,7,10-11H2,2-3H3,(H,24,29)(H,27,30). The van der Waals surface area contributed by atoms with E-state index in [2.05, 4.69) is 27.2 Å². The molecule has 0 aliphatic rings. The van der Waals surface area contributed by atoms with Gasteiger partial charge in [0.2, 0.25) is 0 Å². The summed E-state index contributed by atoms with van der Waals surface area (Å²) >= 11 is 5.58. The number of ether oxygens (including phenoxy) is 1. The number of hydrogen-bond acceptors (Lipinski definition) is 6. The van der Waals surface area contributed by atoms with Gasteiger partial charge in [-0.25, -0.2) is 9.37 Å². The molecule has 2 unspecified atom stereocenters. The highest BCUT2D eigenvalue weighted by molar-refractivity contribution is 6.30. The fraction of sp³-hybridized carbons (Fsp3) is 0.333. The summed E-state index contributed by atoms with van der Waals surface area (Å²) in [5.41, 5.74) is 1.38. The van der Waals surface area contributed by atoms with E-state index < -0.39 is 29.8 Å². The van der Waals surface area contributed by atoms with Crippen molar-refractivity contribution in [1.82, 2.24) is 20.6 Å². The molecule has 0 bridgehead atoms. The number of hydrogen-bond donors (Lipinski definition) is 3. The molecule has 0 aliphatic carbocycles. The van der Waals surface area contributed by atoms with Crippen molar-refractivity contribution in [2.75, 3.05) is 13.2 Å². The van der Waals surface area contributed by atoms with Gasteiger partial charge in [0.25, 0.3) is 11.8 Å². The van der Waals surface area contributed by atoms with Crippen LogP contribution in [0.25, 0.3) is 0 Å². The molecular formula is C21H24ClFN4O4. The Morgan fingerprint density at radius 2 is 2.13 bits per heavy atom. The molecule has 2 amide bonds. The van der Waals surface area contributed by atoms with Crippen LogP contribution in [0.2, 0.25) is 5.02 Å².